The number of carboxylic acid groups (broad SMARTS) is 6. The second-order valence-corrected chi connectivity index (χ2v) is 7.68. The summed E-state index contributed by atoms with van der Waals surface area (Å²) < 4.78 is 2.88. The minimum Gasteiger partial charge on any atom is -0.550 e. The fraction of sp³-hybridized carbons (Fsp3) is 0.421. The van der Waals surface area contributed by atoms with Crippen molar-refractivity contribution in [3.05, 3.63) is 27.2 Å². The van der Waals surface area contributed by atoms with Gasteiger partial charge >= 0.3 is 119 Å². The van der Waals surface area contributed by atoms with Crippen molar-refractivity contribution in [3.63, 3.8) is 0 Å². The van der Waals surface area contributed by atoms with Gasteiger partial charge in [0.25, 0.3) is 5.56 Å². The predicted octanol–water partition coefficient (Wildman–Crippen LogP) is -12.7. The van der Waals surface area contributed by atoms with Crippen LogP contribution in [0.3, 0.4) is 0 Å². The molecule has 2 heterocycles. The first kappa shape index (κ1) is 47.6. The molecule has 216 valence electrons. The number of hydrogen-bond donors (Lipinski definition) is 3. The van der Waals surface area contributed by atoms with Crippen LogP contribution in [0.4, 0.5) is 0 Å². The van der Waals surface area contributed by atoms with Crippen LogP contribution < -0.4 is 41.9 Å². The number of H-pyrrole nitrogens is 1. The Hall–Kier alpha value is -1.33. The minimum absolute atomic E-state index is 0. The molecule has 0 aliphatic heterocycles. The minimum atomic E-state index is -2.97. The van der Waals surface area contributed by atoms with Gasteiger partial charge in [0.15, 0.2) is 11.2 Å². The Morgan fingerprint density at radius 1 is 0.738 bits per heavy atom. The Balaban J connectivity index is -0.000000249. The van der Waals surface area contributed by atoms with Crippen molar-refractivity contribution in [1.29, 1.82) is 0 Å². The molecule has 23 heteroatoms. The Kier molecular flexibility index (Phi) is 23.3. The van der Waals surface area contributed by atoms with Gasteiger partial charge in [-0.3, -0.25) is 14.3 Å². The van der Waals surface area contributed by atoms with Crippen LogP contribution in [-0.4, -0.2) is 190 Å². The van der Waals surface area contributed by atoms with E-state index in [2.05, 4.69) is 9.97 Å². The second kappa shape index (κ2) is 20.6. The standard InChI is InChI=1S/C7H8N4O2.2C6H8O7.3Ca/c1-10-3-8-5-4(10)6(12)9-7(13)11(5)2;2*7-3(8)1-6(13,5(11)12)2-4(9)10;;;/h3H,1-2H3,(H,9,12,13);2*13H,1-2H2,(H,7,8)(H,9,10)(H,11,12);;;/q;;;3*+2/p-6. The van der Waals surface area contributed by atoms with Crippen molar-refractivity contribution in [2.75, 3.05) is 0 Å². The topological polar surface area (TPSA) is 354 Å². The average molecular weight is 679 g/mol. The van der Waals surface area contributed by atoms with Crippen LogP contribution in [-0.2, 0) is 42.9 Å². The average Bonchev–Trinajstić information content (AvgIpc) is 3.12. The van der Waals surface area contributed by atoms with E-state index in [0.717, 1.165) is 0 Å². The molecule has 42 heavy (non-hydrogen) atoms. The molecule has 2 aromatic heterocycles. The van der Waals surface area contributed by atoms with Crippen molar-refractivity contribution in [2.45, 2.75) is 36.9 Å². The van der Waals surface area contributed by atoms with Crippen LogP contribution in [0, 0.1) is 0 Å². The second-order valence-electron chi connectivity index (χ2n) is 7.68. The summed E-state index contributed by atoms with van der Waals surface area (Å²) >= 11 is 0. The number of rotatable bonds is 10. The first-order valence-electron chi connectivity index (χ1n) is 9.94. The van der Waals surface area contributed by atoms with E-state index in [1.165, 1.54) is 10.9 Å². The molecule has 2 rings (SSSR count). The molecule has 0 aliphatic rings. The fourth-order valence-electron chi connectivity index (χ4n) is 2.63. The zero-order valence-electron chi connectivity index (χ0n) is 22.0. The first-order valence-corrected chi connectivity index (χ1v) is 9.94. The smallest absolute Gasteiger partial charge is 0.550 e. The van der Waals surface area contributed by atoms with Gasteiger partial charge in [-0.1, -0.05) is 0 Å². The number of imidazole rings is 1. The Bertz CT molecular complexity index is 1320. The van der Waals surface area contributed by atoms with Gasteiger partial charge in [0.05, 0.1) is 18.3 Å². The first-order chi connectivity index (χ1) is 17.7. The third-order valence-electron chi connectivity index (χ3n) is 4.48. The maximum Gasteiger partial charge on any atom is 2.00 e. The number of fused-ring (bicyclic) bond motifs is 1. The van der Waals surface area contributed by atoms with Gasteiger partial charge in [0, 0.05) is 63.7 Å². The van der Waals surface area contributed by atoms with Crippen LogP contribution in [0.25, 0.3) is 11.2 Å². The molecule has 0 saturated heterocycles. The molecule has 0 aromatic carbocycles. The zero-order valence-corrected chi connectivity index (χ0v) is 28.6. The van der Waals surface area contributed by atoms with Gasteiger partial charge in [-0.25, -0.2) is 9.78 Å². The van der Waals surface area contributed by atoms with E-state index in [9.17, 15) is 69.0 Å². The molecule has 0 spiro atoms. The van der Waals surface area contributed by atoms with E-state index in [-0.39, 0.29) is 113 Å². The van der Waals surface area contributed by atoms with Gasteiger partial charge in [-0.15, -0.1) is 0 Å². The van der Waals surface area contributed by atoms with E-state index in [1.54, 1.807) is 18.7 Å². The van der Waals surface area contributed by atoms with E-state index >= 15 is 0 Å². The summed E-state index contributed by atoms with van der Waals surface area (Å²) in [5, 5.41) is 77.9. The Morgan fingerprint density at radius 2 is 1.05 bits per heavy atom. The maximum absolute atomic E-state index is 11.3. The van der Waals surface area contributed by atoms with Crippen LogP contribution in [0.1, 0.15) is 25.7 Å². The summed E-state index contributed by atoms with van der Waals surface area (Å²) in [6, 6.07) is 0. The van der Waals surface area contributed by atoms with E-state index in [4.69, 9.17) is 10.2 Å². The van der Waals surface area contributed by atoms with Crippen LogP contribution in [0.2, 0.25) is 0 Å². The number of aliphatic hydroxyl groups is 2. The monoisotopic (exact) mass is 678 g/mol. The zero-order chi connectivity index (χ0) is 30.9. The van der Waals surface area contributed by atoms with E-state index < -0.39 is 84.0 Å². The van der Waals surface area contributed by atoms with E-state index in [0.29, 0.717) is 11.2 Å². The normalized spacial score (nSPS) is 10.1. The molecule has 0 aliphatic carbocycles. The number of carbonyl (C=O) groups is 6. The van der Waals surface area contributed by atoms with Crippen molar-refractivity contribution in [2.24, 2.45) is 14.1 Å². The summed E-state index contributed by atoms with van der Waals surface area (Å²) in [5.74, 6) is -12.0. The third-order valence-corrected chi connectivity index (χ3v) is 4.48. The molecule has 0 saturated carbocycles. The molecule has 3 N–H and O–H groups in total. The number of nitrogens with zero attached hydrogens (tertiary/aromatic N) is 3. The van der Waals surface area contributed by atoms with Crippen molar-refractivity contribution in [1.82, 2.24) is 19.1 Å². The summed E-state index contributed by atoms with van der Waals surface area (Å²) in [5.41, 5.74) is -6.00. The van der Waals surface area contributed by atoms with Gasteiger partial charge in [0.1, 0.15) is 11.2 Å². The maximum atomic E-state index is 11.3. The number of carbonyl (C=O) groups excluding carboxylic acids is 6. The fourth-order valence-corrected chi connectivity index (χ4v) is 2.63. The largest absolute Gasteiger partial charge is 2.00 e. The van der Waals surface area contributed by atoms with Gasteiger partial charge < -0.3 is 74.2 Å². The molecule has 0 fully saturated rings. The molecule has 0 amide bonds. The van der Waals surface area contributed by atoms with Gasteiger partial charge in [-0.2, -0.15) is 0 Å². The SMILES string of the molecule is Cn1cnc2c1c(=O)[nH]c(=O)n2C.O=C([O-])CC(O)(CC(=O)[O-])C(=O)[O-].O=C([O-])CC(O)(CC(=O)[O-])C(=O)[O-].[Ca+2].[Ca+2].[Ca+2]. The summed E-state index contributed by atoms with van der Waals surface area (Å²) in [6.07, 6.45) is -3.93. The Labute approximate surface area is 323 Å². The molecule has 0 unspecified atom stereocenters. The van der Waals surface area contributed by atoms with Crippen LogP contribution in [0.5, 0.6) is 0 Å². The number of carboxylic acids is 6. The molecular formula is C19H18Ca3N4O16. The summed E-state index contributed by atoms with van der Waals surface area (Å²) in [7, 11) is 3.27. The molecule has 20 nitrogen and oxygen atoms in total. The molecular weight excluding hydrogens is 660 g/mol. The van der Waals surface area contributed by atoms with Crippen LogP contribution >= 0.6 is 0 Å². The third kappa shape index (κ3) is 15.4. The number of aromatic amines is 1. The summed E-state index contributed by atoms with van der Waals surface area (Å²) in [4.78, 5) is 88.6. The molecule has 0 atom stereocenters. The number of nitrogens with one attached hydrogen (secondary N) is 1. The van der Waals surface area contributed by atoms with Crippen molar-refractivity contribution in [3.8, 4) is 0 Å². The molecule has 0 bridgehead atoms. The number of aromatic nitrogens is 4. The number of aryl methyl sites for hydroxylation is 2. The number of hydrogen-bond acceptors (Lipinski definition) is 17. The number of aliphatic carboxylic acids is 6. The quantitative estimate of drug-likeness (QED) is 0.196. The molecule has 2 aromatic rings. The van der Waals surface area contributed by atoms with Gasteiger partial charge in [0.2, 0.25) is 0 Å². The van der Waals surface area contributed by atoms with Crippen LogP contribution in [0.15, 0.2) is 15.9 Å². The van der Waals surface area contributed by atoms with Crippen molar-refractivity contribution >= 4 is 160 Å². The summed E-state index contributed by atoms with van der Waals surface area (Å²) in [6.45, 7) is 0. The van der Waals surface area contributed by atoms with Gasteiger partial charge in [-0.05, 0) is 0 Å². The predicted molar refractivity (Wildman–Crippen MR) is 122 cm³/mol. The molecule has 0 radical (unpaired) electrons. The van der Waals surface area contributed by atoms with Crippen molar-refractivity contribution < 1.29 is 69.6 Å². The Morgan fingerprint density at radius 3 is 1.31 bits per heavy atom. The van der Waals surface area contributed by atoms with E-state index in [1.807, 2.05) is 0 Å².